The number of ether oxygens (including phenoxy) is 1. The standard InChI is InChI=1S/C20H22N2O/c1-4-16-8-7-9-17(12-16)23-14-20-21-18-10-5-6-11-19(18)22(20)13-15(2)3/h5-12H,2,4,13-14H2,1,3H3. The minimum atomic E-state index is 0.453. The third kappa shape index (κ3) is 3.45. The van der Waals surface area contributed by atoms with Gasteiger partial charge in [0.1, 0.15) is 18.2 Å². The normalized spacial score (nSPS) is 10.9. The average molecular weight is 306 g/mol. The third-order valence-corrected chi connectivity index (χ3v) is 3.84. The van der Waals surface area contributed by atoms with E-state index in [4.69, 9.17) is 9.72 Å². The highest BCUT2D eigenvalue weighted by Crippen LogP contribution is 2.20. The third-order valence-electron chi connectivity index (χ3n) is 3.84. The molecule has 0 saturated carbocycles. The van der Waals surface area contributed by atoms with Crippen LogP contribution in [0.3, 0.4) is 0 Å². The quantitative estimate of drug-likeness (QED) is 0.614. The molecule has 3 rings (SSSR count). The monoisotopic (exact) mass is 306 g/mol. The van der Waals surface area contributed by atoms with Gasteiger partial charge in [-0.3, -0.25) is 0 Å². The average Bonchev–Trinajstić information content (AvgIpc) is 2.90. The number of rotatable bonds is 6. The molecule has 0 N–H and O–H groups in total. The zero-order valence-corrected chi connectivity index (χ0v) is 13.7. The Hall–Kier alpha value is -2.55. The summed E-state index contributed by atoms with van der Waals surface area (Å²) in [5.41, 5.74) is 4.49. The number of nitrogens with zero attached hydrogens (tertiary/aromatic N) is 2. The van der Waals surface area contributed by atoms with Crippen molar-refractivity contribution < 1.29 is 4.74 Å². The fourth-order valence-electron chi connectivity index (χ4n) is 2.69. The lowest BCUT2D eigenvalue weighted by atomic mass is 10.2. The Morgan fingerprint density at radius 3 is 2.78 bits per heavy atom. The zero-order valence-electron chi connectivity index (χ0n) is 13.7. The van der Waals surface area contributed by atoms with Crippen molar-refractivity contribution in [3.63, 3.8) is 0 Å². The predicted octanol–water partition coefficient (Wildman–Crippen LogP) is 4.75. The summed E-state index contributed by atoms with van der Waals surface area (Å²) in [5, 5.41) is 0. The molecule has 0 aliphatic heterocycles. The van der Waals surface area contributed by atoms with E-state index in [1.807, 2.05) is 37.3 Å². The molecule has 0 bridgehead atoms. The molecule has 0 unspecified atom stereocenters. The van der Waals surface area contributed by atoms with Gasteiger partial charge >= 0.3 is 0 Å². The van der Waals surface area contributed by atoms with Gasteiger partial charge in [-0.2, -0.15) is 0 Å². The van der Waals surface area contributed by atoms with Crippen LogP contribution in [0.5, 0.6) is 5.75 Å². The fourth-order valence-corrected chi connectivity index (χ4v) is 2.69. The van der Waals surface area contributed by atoms with E-state index >= 15 is 0 Å². The van der Waals surface area contributed by atoms with Crippen molar-refractivity contribution >= 4 is 11.0 Å². The molecular weight excluding hydrogens is 284 g/mol. The largest absolute Gasteiger partial charge is 0.486 e. The van der Waals surface area contributed by atoms with Crippen LogP contribution in [0, 0.1) is 0 Å². The Morgan fingerprint density at radius 1 is 1.17 bits per heavy atom. The molecule has 0 radical (unpaired) electrons. The summed E-state index contributed by atoms with van der Waals surface area (Å²) >= 11 is 0. The molecule has 0 fully saturated rings. The van der Waals surface area contributed by atoms with E-state index in [1.54, 1.807) is 0 Å². The molecule has 0 spiro atoms. The Bertz CT molecular complexity index is 833. The van der Waals surface area contributed by atoms with Gasteiger partial charge in [-0.15, -0.1) is 0 Å². The molecule has 0 atom stereocenters. The van der Waals surface area contributed by atoms with Crippen molar-refractivity contribution in [2.24, 2.45) is 0 Å². The molecule has 0 saturated heterocycles. The van der Waals surface area contributed by atoms with Gasteiger partial charge in [0.25, 0.3) is 0 Å². The molecule has 0 aliphatic rings. The first-order valence-corrected chi connectivity index (χ1v) is 7.97. The van der Waals surface area contributed by atoms with Gasteiger partial charge in [-0.05, 0) is 43.2 Å². The summed E-state index contributed by atoms with van der Waals surface area (Å²) < 4.78 is 8.16. The number of para-hydroxylation sites is 2. The first-order valence-electron chi connectivity index (χ1n) is 7.97. The van der Waals surface area contributed by atoms with E-state index < -0.39 is 0 Å². The summed E-state index contributed by atoms with van der Waals surface area (Å²) in [5.74, 6) is 1.81. The molecule has 3 aromatic rings. The summed E-state index contributed by atoms with van der Waals surface area (Å²) in [6.45, 7) is 9.42. The van der Waals surface area contributed by atoms with Crippen molar-refractivity contribution in [1.82, 2.24) is 9.55 Å². The molecule has 1 aromatic heterocycles. The van der Waals surface area contributed by atoms with Crippen LogP contribution in [0.15, 0.2) is 60.7 Å². The molecule has 3 heteroatoms. The zero-order chi connectivity index (χ0) is 16.2. The smallest absolute Gasteiger partial charge is 0.148 e. The van der Waals surface area contributed by atoms with Gasteiger partial charge in [-0.1, -0.05) is 43.3 Å². The Balaban J connectivity index is 1.88. The van der Waals surface area contributed by atoms with Crippen molar-refractivity contribution in [3.8, 4) is 5.75 Å². The van der Waals surface area contributed by atoms with Gasteiger partial charge in [0.2, 0.25) is 0 Å². The van der Waals surface area contributed by atoms with Crippen LogP contribution in [0.2, 0.25) is 0 Å². The van der Waals surface area contributed by atoms with E-state index in [2.05, 4.69) is 36.3 Å². The van der Waals surface area contributed by atoms with Crippen molar-refractivity contribution in [2.75, 3.05) is 0 Å². The maximum Gasteiger partial charge on any atom is 0.148 e. The number of benzene rings is 2. The number of allylic oxidation sites excluding steroid dienone is 1. The first kappa shape index (κ1) is 15.3. The number of imidazole rings is 1. The Morgan fingerprint density at radius 2 is 2.00 bits per heavy atom. The Kier molecular flexibility index (Phi) is 4.47. The van der Waals surface area contributed by atoms with Crippen LogP contribution in [-0.2, 0) is 19.6 Å². The lowest BCUT2D eigenvalue weighted by molar-refractivity contribution is 0.291. The second kappa shape index (κ2) is 6.69. The lowest BCUT2D eigenvalue weighted by Crippen LogP contribution is -2.08. The van der Waals surface area contributed by atoms with Crippen molar-refractivity contribution in [1.29, 1.82) is 0 Å². The van der Waals surface area contributed by atoms with E-state index in [0.717, 1.165) is 41.1 Å². The summed E-state index contributed by atoms with van der Waals surface area (Å²) in [6.07, 6.45) is 1.01. The number of fused-ring (bicyclic) bond motifs is 1. The van der Waals surface area contributed by atoms with Gasteiger partial charge < -0.3 is 9.30 Å². The predicted molar refractivity (Wildman–Crippen MR) is 94.7 cm³/mol. The lowest BCUT2D eigenvalue weighted by Gasteiger charge is -2.11. The molecule has 118 valence electrons. The number of aryl methyl sites for hydroxylation is 1. The van der Waals surface area contributed by atoms with E-state index in [0.29, 0.717) is 6.61 Å². The first-order chi connectivity index (χ1) is 11.2. The second-order valence-electron chi connectivity index (χ2n) is 5.85. The molecule has 3 nitrogen and oxygen atoms in total. The number of hydrogen-bond acceptors (Lipinski definition) is 2. The van der Waals surface area contributed by atoms with Crippen LogP contribution < -0.4 is 4.74 Å². The van der Waals surface area contributed by atoms with E-state index in [1.165, 1.54) is 5.56 Å². The molecule has 2 aromatic carbocycles. The van der Waals surface area contributed by atoms with Crippen molar-refractivity contribution in [2.45, 2.75) is 33.4 Å². The van der Waals surface area contributed by atoms with Crippen LogP contribution in [0.4, 0.5) is 0 Å². The van der Waals surface area contributed by atoms with E-state index in [9.17, 15) is 0 Å². The van der Waals surface area contributed by atoms with E-state index in [-0.39, 0.29) is 0 Å². The SMILES string of the molecule is C=C(C)Cn1c(COc2cccc(CC)c2)nc2ccccc21. The summed E-state index contributed by atoms with van der Waals surface area (Å²) in [6, 6.07) is 16.4. The van der Waals surface area contributed by atoms with Gasteiger partial charge in [0.05, 0.1) is 11.0 Å². The summed E-state index contributed by atoms with van der Waals surface area (Å²) in [7, 11) is 0. The van der Waals surface area contributed by atoms with Crippen molar-refractivity contribution in [3.05, 3.63) is 72.1 Å². The van der Waals surface area contributed by atoms with Gasteiger partial charge in [-0.25, -0.2) is 4.98 Å². The van der Waals surface area contributed by atoms with Crippen LogP contribution in [-0.4, -0.2) is 9.55 Å². The van der Waals surface area contributed by atoms with Crippen LogP contribution >= 0.6 is 0 Å². The molecule has 0 amide bonds. The topological polar surface area (TPSA) is 27.1 Å². The fraction of sp³-hybridized carbons (Fsp3) is 0.250. The maximum absolute atomic E-state index is 5.97. The highest BCUT2D eigenvalue weighted by Gasteiger charge is 2.11. The van der Waals surface area contributed by atoms with Gasteiger partial charge in [0, 0.05) is 6.54 Å². The molecular formula is C20H22N2O. The molecule has 23 heavy (non-hydrogen) atoms. The number of aromatic nitrogens is 2. The van der Waals surface area contributed by atoms with Crippen LogP contribution in [0.1, 0.15) is 25.2 Å². The Labute approximate surface area is 137 Å². The molecule has 0 aliphatic carbocycles. The van der Waals surface area contributed by atoms with Gasteiger partial charge in [0.15, 0.2) is 0 Å². The maximum atomic E-state index is 5.97. The molecule has 1 heterocycles. The summed E-state index contributed by atoms with van der Waals surface area (Å²) in [4.78, 5) is 4.72. The highest BCUT2D eigenvalue weighted by atomic mass is 16.5. The second-order valence-corrected chi connectivity index (χ2v) is 5.85. The highest BCUT2D eigenvalue weighted by molar-refractivity contribution is 5.76. The van der Waals surface area contributed by atoms with Crippen LogP contribution in [0.25, 0.3) is 11.0 Å². The minimum Gasteiger partial charge on any atom is -0.486 e. The number of hydrogen-bond donors (Lipinski definition) is 0. The minimum absolute atomic E-state index is 0.453.